The molecule has 1 N–H and O–H groups in total. The molecule has 0 bridgehead atoms. The normalized spacial score (nSPS) is 12.9. The molecule has 0 saturated heterocycles. The molecule has 0 spiro atoms. The first-order chi connectivity index (χ1) is 5.74. The van der Waals surface area contributed by atoms with E-state index in [2.05, 4.69) is 10.3 Å². The number of anilines is 1. The molecule has 1 rings (SSSR count). The lowest BCUT2D eigenvalue weighted by atomic mass is 10.4. The van der Waals surface area contributed by atoms with Crippen molar-refractivity contribution in [2.24, 2.45) is 7.05 Å². The number of ether oxygens (including phenoxy) is 1. The van der Waals surface area contributed by atoms with Crippen LogP contribution in [-0.2, 0) is 11.8 Å². The Labute approximate surface area is 72.6 Å². The van der Waals surface area contributed by atoms with Crippen LogP contribution in [0.5, 0.6) is 0 Å². The third-order valence-electron chi connectivity index (χ3n) is 1.77. The van der Waals surface area contributed by atoms with Crippen molar-refractivity contribution in [3.8, 4) is 0 Å². The maximum absolute atomic E-state index is 5.09. The van der Waals surface area contributed by atoms with Gasteiger partial charge in [-0.2, -0.15) is 0 Å². The zero-order chi connectivity index (χ0) is 8.97. The Hall–Kier alpha value is -1.03. The maximum Gasteiger partial charge on any atom is 0.202 e. The van der Waals surface area contributed by atoms with Crippen LogP contribution in [0.2, 0.25) is 0 Å². The van der Waals surface area contributed by atoms with Gasteiger partial charge in [-0.1, -0.05) is 0 Å². The van der Waals surface area contributed by atoms with Crippen molar-refractivity contribution in [1.29, 1.82) is 0 Å². The Morgan fingerprint density at radius 2 is 2.50 bits per heavy atom. The van der Waals surface area contributed by atoms with Crippen molar-refractivity contribution in [1.82, 2.24) is 9.55 Å². The minimum absolute atomic E-state index is 0.210. The number of rotatable bonds is 4. The van der Waals surface area contributed by atoms with Gasteiger partial charge in [0.2, 0.25) is 5.95 Å². The molecule has 0 aliphatic heterocycles. The maximum atomic E-state index is 5.09. The third-order valence-corrected chi connectivity index (χ3v) is 1.77. The molecular weight excluding hydrogens is 154 g/mol. The highest BCUT2D eigenvalue weighted by atomic mass is 16.5. The molecule has 1 unspecified atom stereocenters. The first-order valence-corrected chi connectivity index (χ1v) is 3.98. The monoisotopic (exact) mass is 169 g/mol. The van der Waals surface area contributed by atoms with Crippen molar-refractivity contribution < 1.29 is 4.74 Å². The second kappa shape index (κ2) is 4.11. The average molecular weight is 169 g/mol. The summed E-state index contributed by atoms with van der Waals surface area (Å²) in [7, 11) is 3.65. The molecule has 0 radical (unpaired) electrons. The van der Waals surface area contributed by atoms with Gasteiger partial charge in [-0.05, 0) is 6.92 Å². The van der Waals surface area contributed by atoms with Crippen LogP contribution < -0.4 is 5.32 Å². The summed E-state index contributed by atoms with van der Waals surface area (Å²) in [5.41, 5.74) is 0. The second-order valence-corrected chi connectivity index (χ2v) is 2.79. The van der Waals surface area contributed by atoms with E-state index in [1.807, 2.05) is 24.7 Å². The van der Waals surface area contributed by atoms with Gasteiger partial charge in [0, 0.05) is 33.1 Å². The van der Waals surface area contributed by atoms with E-state index in [4.69, 9.17) is 4.74 Å². The Bertz CT molecular complexity index is 234. The number of nitrogens with zero attached hydrogens (tertiary/aromatic N) is 2. The van der Waals surface area contributed by atoms with Gasteiger partial charge in [0.15, 0.2) is 0 Å². The highest BCUT2D eigenvalue weighted by molar-refractivity contribution is 5.25. The molecule has 1 atom stereocenters. The van der Waals surface area contributed by atoms with E-state index in [1.54, 1.807) is 13.3 Å². The molecule has 4 heteroatoms. The largest absolute Gasteiger partial charge is 0.380 e. The van der Waals surface area contributed by atoms with Crippen LogP contribution >= 0.6 is 0 Å². The lowest BCUT2D eigenvalue weighted by molar-refractivity contribution is 0.128. The predicted molar refractivity (Wildman–Crippen MR) is 48.2 cm³/mol. The molecule has 0 saturated carbocycles. The second-order valence-electron chi connectivity index (χ2n) is 2.79. The summed E-state index contributed by atoms with van der Waals surface area (Å²) in [4.78, 5) is 4.12. The van der Waals surface area contributed by atoms with Crippen LogP contribution in [0.1, 0.15) is 6.92 Å². The first-order valence-electron chi connectivity index (χ1n) is 3.98. The fourth-order valence-electron chi connectivity index (χ4n) is 0.854. The molecule has 0 aliphatic rings. The van der Waals surface area contributed by atoms with Gasteiger partial charge in [0.1, 0.15) is 0 Å². The van der Waals surface area contributed by atoms with Crippen LogP contribution in [-0.4, -0.2) is 29.3 Å². The highest BCUT2D eigenvalue weighted by Gasteiger charge is 2.01. The van der Waals surface area contributed by atoms with Gasteiger partial charge in [-0.25, -0.2) is 4.98 Å². The van der Waals surface area contributed by atoms with E-state index in [0.29, 0.717) is 0 Å². The molecule has 0 fully saturated rings. The van der Waals surface area contributed by atoms with E-state index in [-0.39, 0.29) is 6.10 Å². The van der Waals surface area contributed by atoms with Crippen LogP contribution in [0, 0.1) is 0 Å². The zero-order valence-electron chi connectivity index (χ0n) is 7.74. The fraction of sp³-hybridized carbons (Fsp3) is 0.625. The summed E-state index contributed by atoms with van der Waals surface area (Å²) < 4.78 is 7.02. The highest BCUT2D eigenvalue weighted by Crippen LogP contribution is 2.00. The Balaban J connectivity index is 2.38. The first kappa shape index (κ1) is 9.06. The molecule has 1 aromatic rings. The number of imidazole rings is 1. The number of aromatic nitrogens is 2. The van der Waals surface area contributed by atoms with Gasteiger partial charge in [0.25, 0.3) is 0 Å². The SMILES string of the molecule is COC(C)CNc1nccn1C. The summed E-state index contributed by atoms with van der Waals surface area (Å²) in [6, 6.07) is 0. The van der Waals surface area contributed by atoms with Gasteiger partial charge in [-0.15, -0.1) is 0 Å². The van der Waals surface area contributed by atoms with E-state index < -0.39 is 0 Å². The number of aryl methyl sites for hydroxylation is 1. The fourth-order valence-corrected chi connectivity index (χ4v) is 0.854. The molecule has 68 valence electrons. The molecule has 0 aliphatic carbocycles. The summed E-state index contributed by atoms with van der Waals surface area (Å²) in [6.45, 7) is 2.79. The number of methoxy groups -OCH3 is 1. The van der Waals surface area contributed by atoms with Crippen LogP contribution in [0.3, 0.4) is 0 Å². The topological polar surface area (TPSA) is 39.1 Å². The van der Waals surface area contributed by atoms with E-state index >= 15 is 0 Å². The van der Waals surface area contributed by atoms with E-state index in [1.165, 1.54) is 0 Å². The molecule has 0 amide bonds. The smallest absolute Gasteiger partial charge is 0.202 e. The van der Waals surface area contributed by atoms with Crippen molar-refractivity contribution in [2.45, 2.75) is 13.0 Å². The lowest BCUT2D eigenvalue weighted by Crippen LogP contribution is -2.19. The minimum atomic E-state index is 0.210. The number of hydrogen-bond donors (Lipinski definition) is 1. The lowest BCUT2D eigenvalue weighted by Gasteiger charge is -2.10. The predicted octanol–water partition coefficient (Wildman–Crippen LogP) is 0.867. The Morgan fingerprint density at radius 1 is 1.75 bits per heavy atom. The standard InChI is InChI=1S/C8H15N3O/c1-7(12-3)6-10-8-9-4-5-11(8)2/h4-5,7H,6H2,1-3H3,(H,9,10). The van der Waals surface area contributed by atoms with Crippen molar-refractivity contribution in [3.63, 3.8) is 0 Å². The molecular formula is C8H15N3O. The van der Waals surface area contributed by atoms with Crippen molar-refractivity contribution in [2.75, 3.05) is 19.0 Å². The summed E-state index contributed by atoms with van der Waals surface area (Å²) >= 11 is 0. The van der Waals surface area contributed by atoms with Gasteiger partial charge in [0.05, 0.1) is 6.10 Å². The molecule has 1 heterocycles. The minimum Gasteiger partial charge on any atom is -0.380 e. The van der Waals surface area contributed by atoms with Gasteiger partial charge < -0.3 is 14.6 Å². The Kier molecular flexibility index (Phi) is 3.10. The summed E-state index contributed by atoms with van der Waals surface area (Å²) in [6.07, 6.45) is 3.88. The quantitative estimate of drug-likeness (QED) is 0.726. The molecule has 4 nitrogen and oxygen atoms in total. The third kappa shape index (κ3) is 2.23. The van der Waals surface area contributed by atoms with E-state index in [0.717, 1.165) is 12.5 Å². The molecule has 1 aromatic heterocycles. The average Bonchev–Trinajstić information content (AvgIpc) is 2.47. The van der Waals surface area contributed by atoms with Crippen LogP contribution in [0.25, 0.3) is 0 Å². The molecule has 12 heavy (non-hydrogen) atoms. The summed E-state index contributed by atoms with van der Waals surface area (Å²) in [5.74, 6) is 0.874. The van der Waals surface area contributed by atoms with Gasteiger partial charge >= 0.3 is 0 Å². The summed E-state index contributed by atoms with van der Waals surface area (Å²) in [5, 5.41) is 3.17. The van der Waals surface area contributed by atoms with Gasteiger partial charge in [-0.3, -0.25) is 0 Å². The zero-order valence-corrected chi connectivity index (χ0v) is 7.74. The number of nitrogens with one attached hydrogen (secondary N) is 1. The number of hydrogen-bond acceptors (Lipinski definition) is 3. The Morgan fingerprint density at radius 3 is 3.00 bits per heavy atom. The van der Waals surface area contributed by atoms with E-state index in [9.17, 15) is 0 Å². The van der Waals surface area contributed by atoms with Crippen molar-refractivity contribution in [3.05, 3.63) is 12.4 Å². The van der Waals surface area contributed by atoms with Crippen molar-refractivity contribution >= 4 is 5.95 Å². The molecule has 0 aromatic carbocycles. The van der Waals surface area contributed by atoms with Crippen LogP contribution in [0.4, 0.5) is 5.95 Å². The van der Waals surface area contributed by atoms with Crippen LogP contribution in [0.15, 0.2) is 12.4 Å².